The van der Waals surface area contributed by atoms with Gasteiger partial charge in [0.15, 0.2) is 0 Å². The number of aliphatic hydroxyl groups is 1. The van der Waals surface area contributed by atoms with E-state index in [1.54, 1.807) is 55.7 Å². The van der Waals surface area contributed by atoms with E-state index in [-0.39, 0.29) is 5.75 Å². The summed E-state index contributed by atoms with van der Waals surface area (Å²) in [6.07, 6.45) is 2.95. The molecular formula is C15H18N2O3S. The summed E-state index contributed by atoms with van der Waals surface area (Å²) in [6, 6.07) is 10.4. The van der Waals surface area contributed by atoms with Crippen LogP contribution in [0.25, 0.3) is 0 Å². The summed E-state index contributed by atoms with van der Waals surface area (Å²) in [5.41, 5.74) is 1.89. The number of para-hydroxylation sites is 1. The molecule has 0 aliphatic heterocycles. The molecular weight excluding hydrogens is 288 g/mol. The van der Waals surface area contributed by atoms with E-state index in [1.165, 1.54) is 0 Å². The second-order valence-corrected chi connectivity index (χ2v) is 6.63. The van der Waals surface area contributed by atoms with E-state index in [4.69, 9.17) is 0 Å². The van der Waals surface area contributed by atoms with Crippen LogP contribution in [0.5, 0.6) is 0 Å². The Morgan fingerprint density at radius 3 is 2.52 bits per heavy atom. The standard InChI is InChI=1S/C15H18N2O3S/c1-12(18)14-4-2-3-5-15(14)17-21(19,20)11-8-13-6-9-16-10-7-13/h2-7,9-10,12,17-18H,8,11H2,1H3. The molecule has 5 nitrogen and oxygen atoms in total. The Kier molecular flexibility index (Phi) is 4.93. The van der Waals surface area contributed by atoms with Crippen LogP contribution in [0, 0.1) is 0 Å². The summed E-state index contributed by atoms with van der Waals surface area (Å²) < 4.78 is 26.8. The molecule has 1 heterocycles. The summed E-state index contributed by atoms with van der Waals surface area (Å²) in [7, 11) is -3.47. The highest BCUT2D eigenvalue weighted by Crippen LogP contribution is 2.23. The number of hydrogen-bond acceptors (Lipinski definition) is 4. The van der Waals surface area contributed by atoms with E-state index in [9.17, 15) is 13.5 Å². The molecule has 112 valence electrons. The maximum atomic E-state index is 12.1. The van der Waals surface area contributed by atoms with Crippen molar-refractivity contribution in [2.75, 3.05) is 10.5 Å². The van der Waals surface area contributed by atoms with Crippen molar-refractivity contribution < 1.29 is 13.5 Å². The highest BCUT2D eigenvalue weighted by Gasteiger charge is 2.14. The van der Waals surface area contributed by atoms with Crippen LogP contribution in [0.15, 0.2) is 48.8 Å². The molecule has 0 saturated heterocycles. The number of hydrogen-bond donors (Lipinski definition) is 2. The van der Waals surface area contributed by atoms with Crippen molar-refractivity contribution in [3.63, 3.8) is 0 Å². The molecule has 0 aliphatic rings. The van der Waals surface area contributed by atoms with Gasteiger partial charge in [0, 0.05) is 18.0 Å². The summed E-state index contributed by atoms with van der Waals surface area (Å²) >= 11 is 0. The Balaban J connectivity index is 2.08. The normalized spacial score (nSPS) is 12.9. The first-order valence-corrected chi connectivity index (χ1v) is 8.29. The Hall–Kier alpha value is -1.92. The lowest BCUT2D eigenvalue weighted by Crippen LogP contribution is -2.19. The van der Waals surface area contributed by atoms with Gasteiger partial charge in [0.2, 0.25) is 10.0 Å². The van der Waals surface area contributed by atoms with Gasteiger partial charge in [0.05, 0.1) is 17.5 Å². The summed E-state index contributed by atoms with van der Waals surface area (Å²) in [4.78, 5) is 3.90. The number of anilines is 1. The minimum Gasteiger partial charge on any atom is -0.389 e. The molecule has 0 saturated carbocycles. The van der Waals surface area contributed by atoms with Gasteiger partial charge in [-0.25, -0.2) is 8.42 Å². The minimum absolute atomic E-state index is 0.0227. The van der Waals surface area contributed by atoms with Gasteiger partial charge in [-0.2, -0.15) is 0 Å². The largest absolute Gasteiger partial charge is 0.389 e. The average Bonchev–Trinajstić information content (AvgIpc) is 2.46. The van der Waals surface area contributed by atoms with Crippen molar-refractivity contribution in [2.45, 2.75) is 19.4 Å². The van der Waals surface area contributed by atoms with Crippen molar-refractivity contribution in [3.05, 3.63) is 59.9 Å². The Morgan fingerprint density at radius 1 is 1.19 bits per heavy atom. The molecule has 2 N–H and O–H groups in total. The van der Waals surface area contributed by atoms with Crippen molar-refractivity contribution in [3.8, 4) is 0 Å². The van der Waals surface area contributed by atoms with Crippen LogP contribution in [0.1, 0.15) is 24.2 Å². The number of aliphatic hydroxyl groups excluding tert-OH is 1. The molecule has 2 rings (SSSR count). The number of pyridine rings is 1. The quantitative estimate of drug-likeness (QED) is 0.857. The first kappa shape index (κ1) is 15.5. The van der Waals surface area contributed by atoms with Gasteiger partial charge in [0.25, 0.3) is 0 Å². The maximum Gasteiger partial charge on any atom is 0.233 e. The van der Waals surface area contributed by atoms with Gasteiger partial charge < -0.3 is 5.11 Å². The molecule has 0 radical (unpaired) electrons. The number of rotatable bonds is 6. The monoisotopic (exact) mass is 306 g/mol. The molecule has 0 spiro atoms. The Labute approximate surface area is 124 Å². The van der Waals surface area contributed by atoms with Crippen LogP contribution in [0.4, 0.5) is 5.69 Å². The van der Waals surface area contributed by atoms with Crippen LogP contribution >= 0.6 is 0 Å². The first-order chi connectivity index (χ1) is 9.98. The third-order valence-electron chi connectivity index (χ3n) is 3.09. The van der Waals surface area contributed by atoms with E-state index >= 15 is 0 Å². The third kappa shape index (κ3) is 4.54. The minimum atomic E-state index is -3.47. The molecule has 1 atom stereocenters. The molecule has 1 aromatic carbocycles. The van der Waals surface area contributed by atoms with Crippen molar-refractivity contribution >= 4 is 15.7 Å². The van der Waals surface area contributed by atoms with Gasteiger partial charge in [-0.3, -0.25) is 9.71 Å². The lowest BCUT2D eigenvalue weighted by Gasteiger charge is -2.14. The highest BCUT2D eigenvalue weighted by atomic mass is 32.2. The molecule has 0 fully saturated rings. The van der Waals surface area contributed by atoms with E-state index < -0.39 is 16.1 Å². The summed E-state index contributed by atoms with van der Waals surface area (Å²) in [5.74, 6) is -0.0227. The zero-order chi connectivity index (χ0) is 15.3. The van der Waals surface area contributed by atoms with Gasteiger partial charge in [-0.15, -0.1) is 0 Å². The maximum absolute atomic E-state index is 12.1. The number of sulfonamides is 1. The van der Waals surface area contributed by atoms with E-state index in [2.05, 4.69) is 9.71 Å². The van der Waals surface area contributed by atoms with Crippen molar-refractivity contribution in [1.82, 2.24) is 4.98 Å². The second kappa shape index (κ2) is 6.69. The van der Waals surface area contributed by atoms with Crippen LogP contribution < -0.4 is 4.72 Å². The summed E-state index contributed by atoms with van der Waals surface area (Å²) in [5, 5.41) is 9.67. The van der Waals surface area contributed by atoms with E-state index in [0.29, 0.717) is 17.7 Å². The summed E-state index contributed by atoms with van der Waals surface area (Å²) in [6.45, 7) is 1.60. The molecule has 1 aromatic heterocycles. The fourth-order valence-electron chi connectivity index (χ4n) is 1.97. The molecule has 21 heavy (non-hydrogen) atoms. The van der Waals surface area contributed by atoms with Gasteiger partial charge in [0.1, 0.15) is 0 Å². The van der Waals surface area contributed by atoms with Crippen LogP contribution in [-0.2, 0) is 16.4 Å². The van der Waals surface area contributed by atoms with Crippen LogP contribution in [-0.4, -0.2) is 24.3 Å². The molecule has 0 aliphatic carbocycles. The zero-order valence-electron chi connectivity index (χ0n) is 11.7. The van der Waals surface area contributed by atoms with Gasteiger partial charge >= 0.3 is 0 Å². The van der Waals surface area contributed by atoms with Crippen molar-refractivity contribution in [2.24, 2.45) is 0 Å². The van der Waals surface area contributed by atoms with Crippen LogP contribution in [0.2, 0.25) is 0 Å². The van der Waals surface area contributed by atoms with Crippen molar-refractivity contribution in [1.29, 1.82) is 0 Å². The highest BCUT2D eigenvalue weighted by molar-refractivity contribution is 7.92. The molecule has 0 bridgehead atoms. The number of nitrogens with one attached hydrogen (secondary N) is 1. The number of benzene rings is 1. The number of aromatic nitrogens is 1. The predicted molar refractivity (Wildman–Crippen MR) is 82.4 cm³/mol. The van der Waals surface area contributed by atoms with E-state index in [0.717, 1.165) is 5.56 Å². The third-order valence-corrected chi connectivity index (χ3v) is 4.36. The fourth-order valence-corrected chi connectivity index (χ4v) is 3.10. The van der Waals surface area contributed by atoms with Gasteiger partial charge in [-0.1, -0.05) is 18.2 Å². The smallest absolute Gasteiger partial charge is 0.233 e. The molecule has 6 heteroatoms. The number of aryl methyl sites for hydroxylation is 1. The zero-order valence-corrected chi connectivity index (χ0v) is 12.5. The topological polar surface area (TPSA) is 79.3 Å². The molecule has 2 aromatic rings. The predicted octanol–water partition coefficient (Wildman–Crippen LogP) is 2.12. The van der Waals surface area contributed by atoms with Crippen LogP contribution in [0.3, 0.4) is 0 Å². The lowest BCUT2D eigenvalue weighted by atomic mass is 10.1. The lowest BCUT2D eigenvalue weighted by molar-refractivity contribution is 0.200. The SMILES string of the molecule is CC(O)c1ccccc1NS(=O)(=O)CCc1ccncc1. The Morgan fingerprint density at radius 2 is 1.86 bits per heavy atom. The second-order valence-electron chi connectivity index (χ2n) is 4.79. The fraction of sp³-hybridized carbons (Fsp3) is 0.267. The Bertz CT molecular complexity index is 685. The molecule has 0 amide bonds. The molecule has 1 unspecified atom stereocenters. The average molecular weight is 306 g/mol. The number of nitrogens with zero attached hydrogens (tertiary/aromatic N) is 1. The first-order valence-electron chi connectivity index (χ1n) is 6.64. The van der Waals surface area contributed by atoms with Gasteiger partial charge in [-0.05, 0) is 37.1 Å². The van der Waals surface area contributed by atoms with E-state index in [1.807, 2.05) is 0 Å².